The fourth-order valence-corrected chi connectivity index (χ4v) is 2.68. The number of isocyanates is 1. The average molecular weight is 162 g/mol. The number of hydrogen-bond acceptors (Lipinski definition) is 3. The van der Waals surface area contributed by atoms with Gasteiger partial charge in [-0.3, -0.25) is 0 Å². The van der Waals surface area contributed by atoms with Gasteiger partial charge in [0.15, 0.2) is 5.54 Å². The van der Waals surface area contributed by atoms with E-state index in [-0.39, 0.29) is 0 Å². The Bertz CT molecular complexity index is 287. The maximum absolute atomic E-state index is 10.2. The van der Waals surface area contributed by atoms with E-state index in [1.54, 1.807) is 0 Å². The van der Waals surface area contributed by atoms with E-state index in [2.05, 4.69) is 11.1 Å². The number of aliphatic imine (C=N–C) groups is 1. The highest BCUT2D eigenvalue weighted by molar-refractivity contribution is 5.38. The van der Waals surface area contributed by atoms with Crippen molar-refractivity contribution in [2.75, 3.05) is 0 Å². The third-order valence-corrected chi connectivity index (χ3v) is 3.26. The highest BCUT2D eigenvalue weighted by Gasteiger charge is 2.51. The van der Waals surface area contributed by atoms with Crippen LogP contribution in [0.1, 0.15) is 25.7 Å². The van der Waals surface area contributed by atoms with Gasteiger partial charge in [0, 0.05) is 0 Å². The molecule has 3 nitrogen and oxygen atoms in total. The number of fused-ring (bicyclic) bond motifs is 2. The number of nitriles is 1. The fraction of sp³-hybridized carbons (Fsp3) is 0.778. The minimum Gasteiger partial charge on any atom is -0.211 e. The van der Waals surface area contributed by atoms with Gasteiger partial charge in [-0.1, -0.05) is 0 Å². The van der Waals surface area contributed by atoms with Gasteiger partial charge in [-0.25, -0.2) is 4.79 Å². The Morgan fingerprint density at radius 2 is 2.33 bits per heavy atom. The van der Waals surface area contributed by atoms with Gasteiger partial charge in [-0.15, -0.1) is 0 Å². The molecule has 3 heteroatoms. The summed E-state index contributed by atoms with van der Waals surface area (Å²) in [7, 11) is 0. The summed E-state index contributed by atoms with van der Waals surface area (Å²) in [4.78, 5) is 13.8. The first-order valence-corrected chi connectivity index (χ1v) is 4.31. The fourth-order valence-electron chi connectivity index (χ4n) is 2.68. The first kappa shape index (κ1) is 7.52. The molecule has 0 radical (unpaired) electrons. The Labute approximate surface area is 71.1 Å². The number of nitrogens with zero attached hydrogens (tertiary/aromatic N) is 2. The minimum atomic E-state index is -0.690. The van der Waals surface area contributed by atoms with Gasteiger partial charge < -0.3 is 0 Å². The van der Waals surface area contributed by atoms with Gasteiger partial charge in [-0.05, 0) is 37.5 Å². The van der Waals surface area contributed by atoms with Crippen LogP contribution < -0.4 is 0 Å². The third-order valence-electron chi connectivity index (χ3n) is 3.26. The van der Waals surface area contributed by atoms with Gasteiger partial charge >= 0.3 is 0 Å². The molecule has 0 heterocycles. The molecule has 3 atom stereocenters. The normalized spacial score (nSPS) is 43.6. The zero-order valence-electron chi connectivity index (χ0n) is 6.79. The molecule has 0 aromatic carbocycles. The molecule has 2 rings (SSSR count). The van der Waals surface area contributed by atoms with Crippen LogP contribution in [0.2, 0.25) is 0 Å². The first-order valence-electron chi connectivity index (χ1n) is 4.31. The Morgan fingerprint density at radius 1 is 1.50 bits per heavy atom. The molecule has 62 valence electrons. The van der Waals surface area contributed by atoms with Crippen molar-refractivity contribution in [3.05, 3.63) is 0 Å². The number of rotatable bonds is 1. The van der Waals surface area contributed by atoms with Gasteiger partial charge in [0.25, 0.3) is 0 Å². The summed E-state index contributed by atoms with van der Waals surface area (Å²) in [5.74, 6) is 0.959. The Balaban J connectivity index is 2.32. The van der Waals surface area contributed by atoms with E-state index >= 15 is 0 Å². The van der Waals surface area contributed by atoms with Crippen LogP contribution in [0, 0.1) is 23.2 Å². The minimum absolute atomic E-state index is 0.328. The summed E-state index contributed by atoms with van der Waals surface area (Å²) in [6.07, 6.45) is 5.67. The summed E-state index contributed by atoms with van der Waals surface area (Å²) in [5, 5.41) is 8.95. The lowest BCUT2D eigenvalue weighted by molar-refractivity contribution is 0.343. The Hall–Kier alpha value is -1.13. The Kier molecular flexibility index (Phi) is 1.52. The van der Waals surface area contributed by atoms with Crippen LogP contribution in [0.5, 0.6) is 0 Å². The molecule has 2 aliphatic carbocycles. The number of carbonyl (C=O) groups excluding carboxylic acids is 1. The first-order chi connectivity index (χ1) is 5.80. The second-order valence-corrected chi connectivity index (χ2v) is 3.82. The molecule has 0 aromatic rings. The van der Waals surface area contributed by atoms with Crippen molar-refractivity contribution >= 4 is 6.08 Å². The lowest BCUT2D eigenvalue weighted by Crippen LogP contribution is -2.31. The molecule has 3 unspecified atom stereocenters. The van der Waals surface area contributed by atoms with Crippen LogP contribution in [-0.2, 0) is 4.79 Å². The molecule has 0 aliphatic heterocycles. The van der Waals surface area contributed by atoms with Crippen molar-refractivity contribution in [2.45, 2.75) is 31.2 Å². The van der Waals surface area contributed by atoms with Gasteiger partial charge in [0.05, 0.1) is 6.07 Å². The van der Waals surface area contributed by atoms with Gasteiger partial charge in [0.1, 0.15) is 0 Å². The predicted octanol–water partition coefficient (Wildman–Crippen LogP) is 1.40. The van der Waals surface area contributed by atoms with E-state index in [9.17, 15) is 4.79 Å². The van der Waals surface area contributed by atoms with Crippen LogP contribution in [-0.4, -0.2) is 11.6 Å². The molecule has 2 bridgehead atoms. The van der Waals surface area contributed by atoms with Gasteiger partial charge in [0.2, 0.25) is 6.08 Å². The lowest BCUT2D eigenvalue weighted by Gasteiger charge is -2.24. The largest absolute Gasteiger partial charge is 0.236 e. The van der Waals surface area contributed by atoms with Crippen molar-refractivity contribution in [3.8, 4) is 6.07 Å². The molecule has 0 amide bonds. The highest BCUT2D eigenvalue weighted by Crippen LogP contribution is 2.52. The summed E-state index contributed by atoms with van der Waals surface area (Å²) < 4.78 is 0. The van der Waals surface area contributed by atoms with Crippen molar-refractivity contribution in [1.82, 2.24) is 0 Å². The maximum Gasteiger partial charge on any atom is 0.236 e. The van der Waals surface area contributed by atoms with E-state index in [0.29, 0.717) is 11.8 Å². The van der Waals surface area contributed by atoms with E-state index in [0.717, 1.165) is 19.3 Å². The van der Waals surface area contributed by atoms with Crippen LogP contribution in [0.15, 0.2) is 4.99 Å². The van der Waals surface area contributed by atoms with Crippen molar-refractivity contribution in [2.24, 2.45) is 16.8 Å². The van der Waals surface area contributed by atoms with Crippen LogP contribution in [0.25, 0.3) is 0 Å². The van der Waals surface area contributed by atoms with Crippen LogP contribution in [0.3, 0.4) is 0 Å². The lowest BCUT2D eigenvalue weighted by atomic mass is 9.83. The standard InChI is InChI=1S/C9H10N2O/c10-5-9(11-6-12)4-7-1-2-8(9)3-7/h7-8H,1-4H2. The zero-order valence-corrected chi connectivity index (χ0v) is 6.79. The molecule has 0 aromatic heterocycles. The summed E-state index contributed by atoms with van der Waals surface area (Å²) in [6.45, 7) is 0. The third kappa shape index (κ3) is 0.821. The van der Waals surface area contributed by atoms with Crippen molar-refractivity contribution in [1.29, 1.82) is 5.26 Å². The highest BCUT2D eigenvalue weighted by atomic mass is 16.1. The molecule has 2 fully saturated rings. The summed E-state index contributed by atoms with van der Waals surface area (Å²) >= 11 is 0. The second kappa shape index (κ2) is 2.43. The van der Waals surface area contributed by atoms with Crippen LogP contribution in [0.4, 0.5) is 0 Å². The topological polar surface area (TPSA) is 53.2 Å². The molecule has 0 N–H and O–H groups in total. The smallest absolute Gasteiger partial charge is 0.211 e. The van der Waals surface area contributed by atoms with E-state index in [4.69, 9.17) is 5.26 Å². The molecule has 2 saturated carbocycles. The van der Waals surface area contributed by atoms with E-state index < -0.39 is 5.54 Å². The molecular formula is C9H10N2O. The Morgan fingerprint density at radius 3 is 2.75 bits per heavy atom. The SMILES string of the molecule is N#CC1(N=C=O)CC2CCC1C2. The molecule has 0 spiro atoms. The quantitative estimate of drug-likeness (QED) is 0.432. The second-order valence-electron chi connectivity index (χ2n) is 3.82. The molecule has 12 heavy (non-hydrogen) atoms. The molecule has 0 saturated heterocycles. The average Bonchev–Trinajstić information content (AvgIpc) is 2.64. The number of hydrogen-bond donors (Lipinski definition) is 0. The van der Waals surface area contributed by atoms with E-state index in [1.807, 2.05) is 0 Å². The zero-order chi connectivity index (χ0) is 8.60. The monoisotopic (exact) mass is 162 g/mol. The summed E-state index contributed by atoms with van der Waals surface area (Å²) in [6, 6.07) is 2.18. The van der Waals surface area contributed by atoms with Crippen molar-refractivity contribution in [3.63, 3.8) is 0 Å². The van der Waals surface area contributed by atoms with Crippen LogP contribution >= 0.6 is 0 Å². The van der Waals surface area contributed by atoms with Gasteiger partial charge in [-0.2, -0.15) is 10.3 Å². The molecular weight excluding hydrogens is 152 g/mol. The molecule has 2 aliphatic rings. The van der Waals surface area contributed by atoms with E-state index in [1.165, 1.54) is 12.5 Å². The van der Waals surface area contributed by atoms with Crippen molar-refractivity contribution < 1.29 is 4.79 Å². The predicted molar refractivity (Wildman–Crippen MR) is 41.9 cm³/mol. The summed E-state index contributed by atoms with van der Waals surface area (Å²) in [5.41, 5.74) is -0.690. The maximum atomic E-state index is 10.2.